The second kappa shape index (κ2) is 9.54. The van der Waals surface area contributed by atoms with Gasteiger partial charge in [0, 0.05) is 5.92 Å². The van der Waals surface area contributed by atoms with E-state index in [1.807, 2.05) is 19.9 Å². The molecule has 0 aliphatic heterocycles. The molecule has 0 saturated carbocycles. The minimum absolute atomic E-state index is 0.182. The topological polar surface area (TPSA) is 43.4 Å². The molecular weight excluding hydrogens is 240 g/mol. The number of ether oxygens (including phenoxy) is 1. The summed E-state index contributed by atoms with van der Waals surface area (Å²) in [6, 6.07) is 0. The van der Waals surface area contributed by atoms with Crippen LogP contribution in [0.4, 0.5) is 0 Å². The van der Waals surface area contributed by atoms with Gasteiger partial charge in [-0.15, -0.1) is 0 Å². The summed E-state index contributed by atoms with van der Waals surface area (Å²) in [4.78, 5) is 22.9. The van der Waals surface area contributed by atoms with Crippen LogP contribution in [0.3, 0.4) is 0 Å². The highest BCUT2D eigenvalue weighted by Crippen LogP contribution is 2.07. The van der Waals surface area contributed by atoms with Gasteiger partial charge < -0.3 is 4.74 Å². The summed E-state index contributed by atoms with van der Waals surface area (Å²) in [6.07, 6.45) is 6.63. The Hall–Kier alpha value is -1.38. The van der Waals surface area contributed by atoms with Crippen LogP contribution >= 0.6 is 0 Å². The standard InChI is InChI=1S/C16H26O3/c1-6-14(5)15(17)16(18)19-11-10-13(4)9-7-8-12(2)3/h8,10,14H,6-7,9,11H2,1-5H3/b13-10-. The quantitative estimate of drug-likeness (QED) is 0.381. The maximum Gasteiger partial charge on any atom is 0.375 e. The number of rotatable bonds is 8. The predicted molar refractivity (Wildman–Crippen MR) is 77.8 cm³/mol. The number of allylic oxidation sites excluding steroid dienone is 3. The van der Waals surface area contributed by atoms with Crippen LogP contribution in [0.5, 0.6) is 0 Å². The molecule has 1 atom stereocenters. The minimum atomic E-state index is -0.720. The third-order valence-electron chi connectivity index (χ3n) is 3.00. The summed E-state index contributed by atoms with van der Waals surface area (Å²) in [5.41, 5.74) is 2.47. The number of Topliss-reactive ketones (excluding diaryl/α,β-unsaturated/α-hetero) is 1. The first-order chi connectivity index (χ1) is 8.88. The van der Waals surface area contributed by atoms with Gasteiger partial charge in [-0.1, -0.05) is 31.1 Å². The lowest BCUT2D eigenvalue weighted by Crippen LogP contribution is -2.23. The van der Waals surface area contributed by atoms with Gasteiger partial charge in [-0.25, -0.2) is 4.79 Å². The summed E-state index contributed by atoms with van der Waals surface area (Å²) in [6.45, 7) is 9.95. The highest BCUT2D eigenvalue weighted by Gasteiger charge is 2.20. The number of esters is 1. The molecule has 0 aliphatic carbocycles. The zero-order valence-corrected chi connectivity index (χ0v) is 12.8. The molecule has 0 saturated heterocycles. The van der Waals surface area contributed by atoms with Crippen LogP contribution in [0, 0.1) is 5.92 Å². The zero-order valence-electron chi connectivity index (χ0n) is 12.8. The SMILES string of the molecule is CCC(C)C(=O)C(=O)OC/C=C(/C)CCC=C(C)C. The molecule has 0 amide bonds. The lowest BCUT2D eigenvalue weighted by molar-refractivity contribution is -0.154. The van der Waals surface area contributed by atoms with Gasteiger partial charge in [0.2, 0.25) is 5.78 Å². The van der Waals surface area contributed by atoms with E-state index in [0.29, 0.717) is 6.42 Å². The fourth-order valence-electron chi connectivity index (χ4n) is 1.41. The second-order valence-corrected chi connectivity index (χ2v) is 5.14. The van der Waals surface area contributed by atoms with E-state index in [1.54, 1.807) is 6.92 Å². The molecule has 0 N–H and O–H groups in total. The van der Waals surface area contributed by atoms with Gasteiger partial charge in [0.05, 0.1) is 0 Å². The maximum absolute atomic E-state index is 11.5. The molecule has 0 radical (unpaired) electrons. The molecule has 1 unspecified atom stereocenters. The van der Waals surface area contributed by atoms with Crippen molar-refractivity contribution in [1.82, 2.24) is 0 Å². The van der Waals surface area contributed by atoms with Crippen molar-refractivity contribution in [1.29, 1.82) is 0 Å². The molecule has 0 aliphatic rings. The molecule has 0 fully saturated rings. The highest BCUT2D eigenvalue weighted by atomic mass is 16.5. The Morgan fingerprint density at radius 2 is 1.79 bits per heavy atom. The van der Waals surface area contributed by atoms with E-state index in [4.69, 9.17) is 4.74 Å². The fourth-order valence-corrected chi connectivity index (χ4v) is 1.41. The first-order valence-corrected chi connectivity index (χ1v) is 6.88. The minimum Gasteiger partial charge on any atom is -0.456 e. The molecule has 3 heteroatoms. The summed E-state index contributed by atoms with van der Waals surface area (Å²) in [7, 11) is 0. The monoisotopic (exact) mass is 266 g/mol. The Morgan fingerprint density at radius 1 is 1.16 bits per heavy atom. The molecular formula is C16H26O3. The highest BCUT2D eigenvalue weighted by molar-refractivity contribution is 6.34. The fraction of sp³-hybridized carbons (Fsp3) is 0.625. The molecule has 0 heterocycles. The average molecular weight is 266 g/mol. The largest absolute Gasteiger partial charge is 0.456 e. The molecule has 0 aromatic carbocycles. The van der Waals surface area contributed by atoms with E-state index in [9.17, 15) is 9.59 Å². The van der Waals surface area contributed by atoms with E-state index >= 15 is 0 Å². The van der Waals surface area contributed by atoms with Crippen LogP contribution in [-0.4, -0.2) is 18.4 Å². The number of carbonyl (C=O) groups is 2. The van der Waals surface area contributed by atoms with Gasteiger partial charge in [0.15, 0.2) is 0 Å². The maximum atomic E-state index is 11.5. The normalized spacial score (nSPS) is 12.8. The molecule has 0 rings (SSSR count). The van der Waals surface area contributed by atoms with Crippen molar-refractivity contribution in [2.75, 3.05) is 6.61 Å². The first kappa shape index (κ1) is 17.6. The van der Waals surface area contributed by atoms with E-state index in [0.717, 1.165) is 12.8 Å². The van der Waals surface area contributed by atoms with Crippen LogP contribution in [0.25, 0.3) is 0 Å². The van der Waals surface area contributed by atoms with Gasteiger partial charge >= 0.3 is 5.97 Å². The molecule has 108 valence electrons. The molecule has 3 nitrogen and oxygen atoms in total. The van der Waals surface area contributed by atoms with Crippen LogP contribution in [-0.2, 0) is 14.3 Å². The van der Waals surface area contributed by atoms with Crippen molar-refractivity contribution in [3.05, 3.63) is 23.3 Å². The molecule has 0 bridgehead atoms. The molecule has 0 spiro atoms. The van der Waals surface area contributed by atoms with Crippen molar-refractivity contribution in [3.8, 4) is 0 Å². The molecule has 0 aromatic rings. The molecule has 0 aromatic heterocycles. The van der Waals surface area contributed by atoms with Crippen molar-refractivity contribution in [2.24, 2.45) is 5.92 Å². The molecule has 19 heavy (non-hydrogen) atoms. The smallest absolute Gasteiger partial charge is 0.375 e. The van der Waals surface area contributed by atoms with Crippen LogP contribution < -0.4 is 0 Å². The first-order valence-electron chi connectivity index (χ1n) is 6.88. The van der Waals surface area contributed by atoms with Crippen molar-refractivity contribution < 1.29 is 14.3 Å². The summed E-state index contributed by atoms with van der Waals surface area (Å²) in [5, 5.41) is 0. The van der Waals surface area contributed by atoms with Crippen LogP contribution in [0.2, 0.25) is 0 Å². The lowest BCUT2D eigenvalue weighted by atomic mass is 10.0. The Balaban J connectivity index is 4.03. The van der Waals surface area contributed by atoms with Crippen molar-refractivity contribution >= 4 is 11.8 Å². The van der Waals surface area contributed by atoms with E-state index in [1.165, 1.54) is 11.1 Å². The van der Waals surface area contributed by atoms with E-state index in [2.05, 4.69) is 19.9 Å². The number of ketones is 1. The van der Waals surface area contributed by atoms with Crippen LogP contribution in [0.1, 0.15) is 53.9 Å². The van der Waals surface area contributed by atoms with Crippen molar-refractivity contribution in [2.45, 2.75) is 53.9 Å². The second-order valence-electron chi connectivity index (χ2n) is 5.14. The predicted octanol–water partition coefficient (Wildman–Crippen LogP) is 3.84. The Labute approximate surface area is 116 Å². The van der Waals surface area contributed by atoms with Gasteiger partial charge in [0.25, 0.3) is 0 Å². The van der Waals surface area contributed by atoms with Gasteiger partial charge in [-0.3, -0.25) is 4.79 Å². The van der Waals surface area contributed by atoms with Gasteiger partial charge in [0.1, 0.15) is 6.61 Å². The zero-order chi connectivity index (χ0) is 14.8. The summed E-state index contributed by atoms with van der Waals surface area (Å²) >= 11 is 0. The van der Waals surface area contributed by atoms with E-state index < -0.39 is 11.8 Å². The number of carbonyl (C=O) groups excluding carboxylic acids is 2. The van der Waals surface area contributed by atoms with Gasteiger partial charge in [-0.2, -0.15) is 0 Å². The Morgan fingerprint density at radius 3 is 2.32 bits per heavy atom. The lowest BCUT2D eigenvalue weighted by Gasteiger charge is -2.06. The summed E-state index contributed by atoms with van der Waals surface area (Å²) < 4.78 is 4.94. The number of hydrogen-bond donors (Lipinski definition) is 0. The average Bonchev–Trinajstić information content (AvgIpc) is 2.36. The third kappa shape index (κ3) is 8.36. The Bertz CT molecular complexity index is 360. The summed E-state index contributed by atoms with van der Waals surface area (Å²) in [5.74, 6) is -1.41. The Kier molecular flexibility index (Phi) is 8.84. The van der Waals surface area contributed by atoms with E-state index in [-0.39, 0.29) is 12.5 Å². The van der Waals surface area contributed by atoms with Crippen LogP contribution in [0.15, 0.2) is 23.3 Å². The van der Waals surface area contributed by atoms with Gasteiger partial charge in [-0.05, 0) is 46.1 Å². The third-order valence-corrected chi connectivity index (χ3v) is 3.00. The van der Waals surface area contributed by atoms with Crippen molar-refractivity contribution in [3.63, 3.8) is 0 Å². The number of hydrogen-bond acceptors (Lipinski definition) is 3.